The maximum atomic E-state index is 12.7. The van der Waals surface area contributed by atoms with Gasteiger partial charge in [0.1, 0.15) is 5.56 Å². The summed E-state index contributed by atoms with van der Waals surface area (Å²) in [7, 11) is 1.19. The molecule has 1 aromatic carbocycles. The number of aromatic nitrogens is 2. The third-order valence-corrected chi connectivity index (χ3v) is 2.89. The van der Waals surface area contributed by atoms with Crippen molar-refractivity contribution >= 4 is 12.2 Å². The largest absolute Gasteiger partial charge is 0.436 e. The zero-order valence-corrected chi connectivity index (χ0v) is 12.4. The molecule has 25 heavy (non-hydrogen) atoms. The molecule has 134 valence electrons. The molecule has 0 bridgehead atoms. The fourth-order valence-electron chi connectivity index (χ4n) is 1.79. The molecule has 0 radical (unpaired) electrons. The molecule has 5 nitrogen and oxygen atoms in total. The van der Waals surface area contributed by atoms with E-state index in [9.17, 15) is 31.1 Å². The summed E-state index contributed by atoms with van der Waals surface area (Å²) in [6.07, 6.45) is -7.65. The van der Waals surface area contributed by atoms with Gasteiger partial charge in [-0.2, -0.15) is 31.4 Å². The van der Waals surface area contributed by atoms with Gasteiger partial charge in [-0.25, -0.2) is 4.79 Å². The van der Waals surface area contributed by atoms with E-state index in [1.165, 1.54) is 7.05 Å². The lowest BCUT2D eigenvalue weighted by Gasteiger charge is -2.05. The van der Waals surface area contributed by atoms with Gasteiger partial charge in [0, 0.05) is 13.2 Å². The van der Waals surface area contributed by atoms with Crippen LogP contribution in [0.25, 0.3) is 0 Å². The number of carbonyl (C=O) groups excluding carboxylic acids is 1. The van der Waals surface area contributed by atoms with Crippen molar-refractivity contribution in [1.82, 2.24) is 9.78 Å². The summed E-state index contributed by atoms with van der Waals surface area (Å²) >= 11 is 0. The Bertz CT molecular complexity index is 790. The van der Waals surface area contributed by atoms with Gasteiger partial charge in [0.15, 0.2) is 5.69 Å². The van der Waals surface area contributed by atoms with Gasteiger partial charge in [-0.05, 0) is 17.7 Å². The minimum absolute atomic E-state index is 0.156. The summed E-state index contributed by atoms with van der Waals surface area (Å²) in [5.74, 6) is -1.40. The Balaban J connectivity index is 2.09. The van der Waals surface area contributed by atoms with Gasteiger partial charge < -0.3 is 4.84 Å². The molecule has 0 N–H and O–H groups in total. The number of carbonyl (C=O) groups is 1. The topological polar surface area (TPSA) is 56.5 Å². The predicted molar refractivity (Wildman–Crippen MR) is 72.7 cm³/mol. The second kappa shape index (κ2) is 6.57. The smallest absolute Gasteiger partial charge is 0.313 e. The molecule has 11 heteroatoms. The molecular formula is C14H9F6N3O2. The van der Waals surface area contributed by atoms with E-state index < -0.39 is 35.1 Å². The highest BCUT2D eigenvalue weighted by Gasteiger charge is 2.39. The van der Waals surface area contributed by atoms with Crippen LogP contribution in [0.5, 0.6) is 0 Å². The molecule has 0 spiro atoms. The first-order valence-corrected chi connectivity index (χ1v) is 6.51. The molecule has 0 aliphatic rings. The first kappa shape index (κ1) is 18.5. The highest BCUT2D eigenvalue weighted by Crippen LogP contribution is 2.31. The van der Waals surface area contributed by atoms with Crippen LogP contribution in [0.4, 0.5) is 26.3 Å². The Morgan fingerprint density at radius 1 is 1.12 bits per heavy atom. The molecule has 1 aromatic heterocycles. The zero-order chi connectivity index (χ0) is 18.8. The van der Waals surface area contributed by atoms with Crippen molar-refractivity contribution in [3.63, 3.8) is 0 Å². The number of benzene rings is 1. The maximum absolute atomic E-state index is 12.7. The monoisotopic (exact) mass is 365 g/mol. The van der Waals surface area contributed by atoms with Crippen LogP contribution in [0.3, 0.4) is 0 Å². The molecule has 2 rings (SSSR count). The Labute approximate surface area is 136 Å². The lowest BCUT2D eigenvalue weighted by molar-refractivity contribution is -0.142. The lowest BCUT2D eigenvalue weighted by atomic mass is 10.1. The first-order valence-electron chi connectivity index (χ1n) is 6.51. The van der Waals surface area contributed by atoms with Crippen molar-refractivity contribution in [2.24, 2.45) is 12.2 Å². The van der Waals surface area contributed by atoms with Crippen LogP contribution in [-0.2, 0) is 24.2 Å². The number of halogens is 6. The summed E-state index contributed by atoms with van der Waals surface area (Å²) in [5.41, 5.74) is -2.99. The van der Waals surface area contributed by atoms with E-state index in [1.807, 2.05) is 0 Å². The minimum atomic E-state index is -4.85. The van der Waals surface area contributed by atoms with E-state index in [2.05, 4.69) is 15.1 Å². The molecular weight excluding hydrogens is 356 g/mol. The molecule has 0 atom stereocenters. The molecule has 0 aliphatic carbocycles. The Morgan fingerprint density at radius 3 is 2.24 bits per heavy atom. The van der Waals surface area contributed by atoms with Crippen LogP contribution in [0, 0.1) is 0 Å². The summed E-state index contributed by atoms with van der Waals surface area (Å²) in [4.78, 5) is 16.0. The number of hydrogen-bond acceptors (Lipinski definition) is 4. The number of nitrogens with zero attached hydrogens (tertiary/aromatic N) is 3. The summed E-state index contributed by atoms with van der Waals surface area (Å²) in [6.45, 7) is 0. The van der Waals surface area contributed by atoms with E-state index in [4.69, 9.17) is 0 Å². The van der Waals surface area contributed by atoms with E-state index >= 15 is 0 Å². The van der Waals surface area contributed by atoms with Gasteiger partial charge in [-0.1, -0.05) is 17.3 Å². The Hall–Kier alpha value is -2.85. The minimum Gasteiger partial charge on any atom is -0.313 e. The van der Waals surface area contributed by atoms with E-state index in [1.54, 1.807) is 0 Å². The number of aryl methyl sites for hydroxylation is 1. The normalized spacial score (nSPS) is 12.6. The Morgan fingerprint density at radius 2 is 1.72 bits per heavy atom. The lowest BCUT2D eigenvalue weighted by Crippen LogP contribution is -2.13. The molecule has 2 aromatic rings. The molecule has 1 heterocycles. The van der Waals surface area contributed by atoms with E-state index in [0.29, 0.717) is 0 Å². The first-order chi connectivity index (χ1) is 11.5. The molecule has 0 saturated heterocycles. The average Bonchev–Trinajstić information content (AvgIpc) is 2.89. The summed E-state index contributed by atoms with van der Waals surface area (Å²) in [6, 6.07) is 3.69. The van der Waals surface area contributed by atoms with Crippen molar-refractivity contribution in [2.75, 3.05) is 0 Å². The fraction of sp³-hybridized carbons (Fsp3) is 0.214. The molecule has 0 aliphatic heterocycles. The highest BCUT2D eigenvalue weighted by molar-refractivity contribution is 5.91. The van der Waals surface area contributed by atoms with E-state index in [-0.39, 0.29) is 5.56 Å². The van der Waals surface area contributed by atoms with Gasteiger partial charge in [-0.3, -0.25) is 4.68 Å². The van der Waals surface area contributed by atoms with Gasteiger partial charge >= 0.3 is 18.3 Å². The van der Waals surface area contributed by atoms with Crippen LogP contribution in [-0.4, -0.2) is 22.0 Å². The predicted octanol–water partition coefficient (Wildman–Crippen LogP) is 3.65. The fourth-order valence-corrected chi connectivity index (χ4v) is 1.79. The number of oxime groups is 1. The third kappa shape index (κ3) is 4.58. The van der Waals surface area contributed by atoms with E-state index in [0.717, 1.165) is 41.4 Å². The maximum Gasteiger partial charge on any atom is 0.436 e. The number of alkyl halides is 6. The Kier molecular flexibility index (Phi) is 4.86. The van der Waals surface area contributed by atoms with Gasteiger partial charge in [0.25, 0.3) is 0 Å². The van der Waals surface area contributed by atoms with Crippen LogP contribution >= 0.6 is 0 Å². The number of hydrogen-bond donors (Lipinski definition) is 0. The van der Waals surface area contributed by atoms with Crippen molar-refractivity contribution < 1.29 is 36.0 Å². The SMILES string of the molecule is Cn1cc(C(=O)O/N=C/c2ccc(C(F)(F)F)cc2)c(C(F)(F)F)n1. The molecule has 0 amide bonds. The second-order valence-corrected chi connectivity index (χ2v) is 4.80. The standard InChI is InChI=1S/C14H9F6N3O2/c1-23-7-10(11(22-23)14(18,19)20)12(24)25-21-6-8-2-4-9(5-3-8)13(15,16)17/h2-7H,1H3/b21-6+. The average molecular weight is 365 g/mol. The van der Waals surface area contributed by atoms with Crippen molar-refractivity contribution in [3.05, 3.63) is 52.8 Å². The zero-order valence-electron chi connectivity index (χ0n) is 12.4. The van der Waals surface area contributed by atoms with Gasteiger partial charge in [0.2, 0.25) is 0 Å². The highest BCUT2D eigenvalue weighted by atomic mass is 19.4. The van der Waals surface area contributed by atoms with Gasteiger partial charge in [-0.15, -0.1) is 0 Å². The van der Waals surface area contributed by atoms with Crippen LogP contribution in [0.15, 0.2) is 35.6 Å². The quantitative estimate of drug-likeness (QED) is 0.361. The third-order valence-electron chi connectivity index (χ3n) is 2.89. The summed E-state index contributed by atoms with van der Waals surface area (Å²) in [5, 5.41) is 6.32. The molecule has 0 unspecified atom stereocenters. The molecule has 0 saturated carbocycles. The van der Waals surface area contributed by atoms with Crippen molar-refractivity contribution in [1.29, 1.82) is 0 Å². The van der Waals surface area contributed by atoms with Crippen molar-refractivity contribution in [2.45, 2.75) is 12.4 Å². The second-order valence-electron chi connectivity index (χ2n) is 4.80. The van der Waals surface area contributed by atoms with Crippen LogP contribution in [0.1, 0.15) is 27.2 Å². The number of rotatable bonds is 3. The summed E-state index contributed by atoms with van der Waals surface area (Å²) < 4.78 is 76.2. The van der Waals surface area contributed by atoms with Crippen LogP contribution in [0.2, 0.25) is 0 Å². The van der Waals surface area contributed by atoms with Gasteiger partial charge in [0.05, 0.1) is 11.8 Å². The van der Waals surface area contributed by atoms with Crippen LogP contribution < -0.4 is 0 Å². The molecule has 0 fully saturated rings. The van der Waals surface area contributed by atoms with Crippen molar-refractivity contribution in [3.8, 4) is 0 Å².